The molecule has 1 fully saturated rings. The summed E-state index contributed by atoms with van der Waals surface area (Å²) in [4.78, 5) is 22.4. The van der Waals surface area contributed by atoms with Crippen LogP contribution in [0.15, 0.2) is 6.20 Å². The van der Waals surface area contributed by atoms with Crippen LogP contribution in [0.1, 0.15) is 30.1 Å². The number of anilines is 1. The van der Waals surface area contributed by atoms with Gasteiger partial charge in [-0.2, -0.15) is 4.98 Å². The van der Waals surface area contributed by atoms with Crippen LogP contribution >= 0.6 is 0 Å². The molecule has 1 aliphatic rings. The number of nitrogens with one attached hydrogen (secondary N) is 1. The molecular weight excluding hydrogens is 258 g/mol. The summed E-state index contributed by atoms with van der Waals surface area (Å²) in [6.07, 6.45) is 3.31. The molecule has 7 nitrogen and oxygen atoms in total. The van der Waals surface area contributed by atoms with Crippen LogP contribution in [0, 0.1) is 0 Å². The van der Waals surface area contributed by atoms with Crippen LogP contribution in [-0.4, -0.2) is 53.6 Å². The highest BCUT2D eigenvalue weighted by atomic mass is 16.5. The van der Waals surface area contributed by atoms with Crippen LogP contribution in [0.5, 0.6) is 5.88 Å². The summed E-state index contributed by atoms with van der Waals surface area (Å²) < 4.78 is 5.07. The first kappa shape index (κ1) is 14.5. The van der Waals surface area contributed by atoms with E-state index in [2.05, 4.69) is 27.1 Å². The molecule has 2 heterocycles. The van der Waals surface area contributed by atoms with Gasteiger partial charge < -0.3 is 20.7 Å². The molecule has 110 valence electrons. The molecule has 0 bridgehead atoms. The van der Waals surface area contributed by atoms with Crippen LogP contribution in [0.3, 0.4) is 0 Å². The lowest BCUT2D eigenvalue weighted by molar-refractivity contribution is 0.0908. The highest BCUT2D eigenvalue weighted by Crippen LogP contribution is 2.16. The lowest BCUT2D eigenvalue weighted by Gasteiger charge is -2.31. The normalized spacial score (nSPS) is 16.9. The number of aromatic nitrogens is 2. The Kier molecular flexibility index (Phi) is 4.73. The summed E-state index contributed by atoms with van der Waals surface area (Å²) >= 11 is 0. The minimum atomic E-state index is -0.211. The first-order valence-corrected chi connectivity index (χ1v) is 6.83. The van der Waals surface area contributed by atoms with E-state index >= 15 is 0 Å². The Morgan fingerprint density at radius 1 is 1.55 bits per heavy atom. The van der Waals surface area contributed by atoms with E-state index in [4.69, 9.17) is 10.5 Å². The van der Waals surface area contributed by atoms with Gasteiger partial charge in [0.2, 0.25) is 11.8 Å². The highest BCUT2D eigenvalue weighted by Gasteiger charge is 2.22. The number of likely N-dealkylation sites (tertiary alicyclic amines) is 1. The molecule has 1 saturated heterocycles. The molecule has 1 aromatic rings. The number of carbonyl (C=O) groups is 1. The lowest BCUT2D eigenvalue weighted by Crippen LogP contribution is -2.44. The fourth-order valence-electron chi connectivity index (χ4n) is 2.35. The number of hydrogen-bond donors (Lipinski definition) is 2. The average Bonchev–Trinajstić information content (AvgIpc) is 2.47. The number of hydrogen-bond acceptors (Lipinski definition) is 6. The standard InChI is InChI=1S/C13H21N5O2/c1-3-18-6-4-9(5-7-18)16-11(19)10-8-15-13(14)17-12(10)20-2/h8-9H,3-7H2,1-2H3,(H,16,19)(H2,14,15,17). The van der Waals surface area contributed by atoms with Crippen molar-refractivity contribution < 1.29 is 9.53 Å². The van der Waals surface area contributed by atoms with Gasteiger partial charge in [-0.1, -0.05) is 6.92 Å². The number of amides is 1. The van der Waals surface area contributed by atoms with Crippen molar-refractivity contribution in [1.29, 1.82) is 0 Å². The summed E-state index contributed by atoms with van der Waals surface area (Å²) in [6.45, 7) is 5.23. The molecule has 2 rings (SSSR count). The molecule has 0 aromatic carbocycles. The predicted octanol–water partition coefficient (Wildman–Crippen LogP) is 0.281. The van der Waals surface area contributed by atoms with Gasteiger partial charge in [-0.25, -0.2) is 4.98 Å². The van der Waals surface area contributed by atoms with Crippen molar-refractivity contribution >= 4 is 11.9 Å². The van der Waals surface area contributed by atoms with Crippen molar-refractivity contribution in [2.24, 2.45) is 0 Å². The molecule has 7 heteroatoms. The Bertz CT molecular complexity index is 472. The highest BCUT2D eigenvalue weighted by molar-refractivity contribution is 5.96. The molecule has 0 spiro atoms. The predicted molar refractivity (Wildman–Crippen MR) is 75.6 cm³/mol. The van der Waals surface area contributed by atoms with Crippen molar-refractivity contribution in [2.75, 3.05) is 32.5 Å². The van der Waals surface area contributed by atoms with E-state index in [1.165, 1.54) is 13.3 Å². The van der Waals surface area contributed by atoms with Crippen LogP contribution in [0.4, 0.5) is 5.95 Å². The first-order valence-electron chi connectivity index (χ1n) is 6.83. The first-order chi connectivity index (χ1) is 9.63. The third-order valence-corrected chi connectivity index (χ3v) is 3.58. The van der Waals surface area contributed by atoms with E-state index in [0.29, 0.717) is 5.56 Å². The van der Waals surface area contributed by atoms with Crippen molar-refractivity contribution in [3.05, 3.63) is 11.8 Å². The number of methoxy groups -OCH3 is 1. The summed E-state index contributed by atoms with van der Waals surface area (Å²) in [5.74, 6) is 0.0902. The van der Waals surface area contributed by atoms with Crippen LogP contribution in [-0.2, 0) is 0 Å². The quantitative estimate of drug-likeness (QED) is 0.822. The topological polar surface area (TPSA) is 93.4 Å². The maximum absolute atomic E-state index is 12.2. The molecule has 0 unspecified atom stereocenters. The minimum Gasteiger partial charge on any atom is -0.480 e. The third-order valence-electron chi connectivity index (χ3n) is 3.58. The largest absolute Gasteiger partial charge is 0.480 e. The lowest BCUT2D eigenvalue weighted by atomic mass is 10.0. The van der Waals surface area contributed by atoms with Gasteiger partial charge in [-0.05, 0) is 19.4 Å². The maximum atomic E-state index is 12.2. The number of nitrogen functional groups attached to an aromatic ring is 1. The van der Waals surface area contributed by atoms with Gasteiger partial charge in [-0.15, -0.1) is 0 Å². The SMILES string of the molecule is CCN1CCC(NC(=O)c2cnc(N)nc2OC)CC1. The van der Waals surface area contributed by atoms with Gasteiger partial charge in [0.15, 0.2) is 0 Å². The number of carbonyl (C=O) groups excluding carboxylic acids is 1. The second-order valence-electron chi connectivity index (χ2n) is 4.83. The Morgan fingerprint density at radius 2 is 2.25 bits per heavy atom. The van der Waals surface area contributed by atoms with Crippen molar-refractivity contribution in [3.8, 4) is 5.88 Å². The molecule has 1 amide bonds. The number of nitrogens with zero attached hydrogens (tertiary/aromatic N) is 3. The Balaban J connectivity index is 1.98. The molecule has 0 atom stereocenters. The fraction of sp³-hybridized carbons (Fsp3) is 0.615. The average molecular weight is 279 g/mol. The summed E-state index contributed by atoms with van der Waals surface area (Å²) in [5, 5.41) is 3.01. The van der Waals surface area contributed by atoms with E-state index < -0.39 is 0 Å². The van der Waals surface area contributed by atoms with Gasteiger partial charge in [-0.3, -0.25) is 4.79 Å². The van der Waals surface area contributed by atoms with E-state index in [-0.39, 0.29) is 23.8 Å². The van der Waals surface area contributed by atoms with Gasteiger partial charge >= 0.3 is 0 Å². The molecule has 20 heavy (non-hydrogen) atoms. The summed E-state index contributed by atoms with van der Waals surface area (Å²) in [5.41, 5.74) is 5.80. The number of nitrogens with two attached hydrogens (primary N) is 1. The zero-order valence-corrected chi connectivity index (χ0v) is 11.9. The molecule has 3 N–H and O–H groups in total. The summed E-state index contributed by atoms with van der Waals surface area (Å²) in [6, 6.07) is 0.188. The van der Waals surface area contributed by atoms with Crippen molar-refractivity contribution in [2.45, 2.75) is 25.8 Å². The Labute approximate surface area is 118 Å². The summed E-state index contributed by atoms with van der Waals surface area (Å²) in [7, 11) is 1.46. The van der Waals surface area contributed by atoms with Gasteiger partial charge in [0.05, 0.1) is 7.11 Å². The number of rotatable bonds is 4. The second kappa shape index (κ2) is 6.51. The molecule has 0 saturated carbocycles. The maximum Gasteiger partial charge on any atom is 0.258 e. The van der Waals surface area contributed by atoms with Crippen molar-refractivity contribution in [1.82, 2.24) is 20.2 Å². The minimum absolute atomic E-state index is 0.0923. The van der Waals surface area contributed by atoms with E-state index in [0.717, 1.165) is 32.5 Å². The Hall–Kier alpha value is -1.89. The molecule has 1 aromatic heterocycles. The van der Waals surface area contributed by atoms with Crippen molar-refractivity contribution in [3.63, 3.8) is 0 Å². The van der Waals surface area contributed by atoms with Crippen LogP contribution in [0.25, 0.3) is 0 Å². The van der Waals surface area contributed by atoms with E-state index in [1.54, 1.807) is 0 Å². The third kappa shape index (κ3) is 3.36. The zero-order valence-electron chi connectivity index (χ0n) is 11.9. The number of piperidine rings is 1. The van der Waals surface area contributed by atoms with Gasteiger partial charge in [0.1, 0.15) is 5.56 Å². The monoisotopic (exact) mass is 279 g/mol. The van der Waals surface area contributed by atoms with Gasteiger partial charge in [0.25, 0.3) is 5.91 Å². The van der Waals surface area contributed by atoms with Crippen LogP contribution < -0.4 is 15.8 Å². The van der Waals surface area contributed by atoms with E-state index in [1.807, 2.05) is 0 Å². The second-order valence-corrected chi connectivity index (χ2v) is 4.83. The van der Waals surface area contributed by atoms with E-state index in [9.17, 15) is 4.79 Å². The van der Waals surface area contributed by atoms with Crippen LogP contribution in [0.2, 0.25) is 0 Å². The number of ether oxygens (including phenoxy) is 1. The molecule has 1 aliphatic heterocycles. The van der Waals surface area contributed by atoms with Gasteiger partial charge in [0, 0.05) is 25.3 Å². The molecule has 0 radical (unpaired) electrons. The fourth-order valence-corrected chi connectivity index (χ4v) is 2.35. The zero-order chi connectivity index (χ0) is 14.5. The molecule has 0 aliphatic carbocycles. The Morgan fingerprint density at radius 3 is 2.85 bits per heavy atom. The molecular formula is C13H21N5O2. The smallest absolute Gasteiger partial charge is 0.258 e.